The van der Waals surface area contributed by atoms with Crippen molar-refractivity contribution in [3.05, 3.63) is 77.6 Å². The van der Waals surface area contributed by atoms with Gasteiger partial charge >= 0.3 is 0 Å². The summed E-state index contributed by atoms with van der Waals surface area (Å²) >= 11 is 0. The third-order valence-corrected chi connectivity index (χ3v) is 5.01. The standard InChI is InChI=1S/C21H23FN4/c1-21(2)10-19(24-13-15-5-4-8-23-12-15)18-14-25-26(20(18)11-21)17-7-3-6-16(22)9-17/h3-9,12,14,19,24H,10-11,13H2,1-2H3/t19-/m0/s1. The number of halogens is 1. The minimum absolute atomic E-state index is 0.144. The summed E-state index contributed by atoms with van der Waals surface area (Å²) < 4.78 is 15.6. The van der Waals surface area contributed by atoms with Gasteiger partial charge in [0, 0.05) is 36.2 Å². The summed E-state index contributed by atoms with van der Waals surface area (Å²) in [6.45, 7) is 5.31. The van der Waals surface area contributed by atoms with E-state index in [0.717, 1.165) is 36.3 Å². The number of rotatable bonds is 4. The molecule has 0 spiro atoms. The van der Waals surface area contributed by atoms with Crippen LogP contribution in [0, 0.1) is 11.2 Å². The van der Waals surface area contributed by atoms with Gasteiger partial charge in [0.2, 0.25) is 0 Å². The monoisotopic (exact) mass is 350 g/mol. The lowest BCUT2D eigenvalue weighted by molar-refractivity contribution is 0.252. The SMILES string of the molecule is CC1(C)Cc2c(cnn2-c2cccc(F)c2)[C@@H](NCc2cccnc2)C1. The summed E-state index contributed by atoms with van der Waals surface area (Å²) in [5.74, 6) is -0.243. The number of hydrogen-bond donors (Lipinski definition) is 1. The third kappa shape index (κ3) is 3.40. The van der Waals surface area contributed by atoms with E-state index in [9.17, 15) is 4.39 Å². The van der Waals surface area contributed by atoms with Crippen molar-refractivity contribution < 1.29 is 4.39 Å². The van der Waals surface area contributed by atoms with Crippen LogP contribution in [0.1, 0.15) is 43.1 Å². The van der Waals surface area contributed by atoms with Crippen LogP contribution in [0.2, 0.25) is 0 Å². The molecule has 1 aliphatic carbocycles. The van der Waals surface area contributed by atoms with Crippen LogP contribution in [0.5, 0.6) is 0 Å². The molecule has 1 atom stereocenters. The van der Waals surface area contributed by atoms with Crippen molar-refractivity contribution in [3.63, 3.8) is 0 Å². The van der Waals surface area contributed by atoms with Gasteiger partial charge in [-0.25, -0.2) is 9.07 Å². The fourth-order valence-corrected chi connectivity index (χ4v) is 3.80. The van der Waals surface area contributed by atoms with Crippen molar-refractivity contribution in [1.29, 1.82) is 0 Å². The molecule has 0 unspecified atom stereocenters. The molecular weight excluding hydrogens is 327 g/mol. The fourth-order valence-electron chi connectivity index (χ4n) is 3.80. The summed E-state index contributed by atoms with van der Waals surface area (Å²) in [6.07, 6.45) is 7.56. The van der Waals surface area contributed by atoms with E-state index in [1.807, 2.05) is 29.2 Å². The van der Waals surface area contributed by atoms with Crippen molar-refractivity contribution in [2.45, 2.75) is 39.3 Å². The maximum absolute atomic E-state index is 13.7. The van der Waals surface area contributed by atoms with E-state index in [1.54, 1.807) is 12.3 Å². The van der Waals surface area contributed by atoms with E-state index < -0.39 is 0 Å². The molecule has 1 aliphatic rings. The van der Waals surface area contributed by atoms with Crippen LogP contribution < -0.4 is 5.32 Å². The largest absolute Gasteiger partial charge is 0.306 e. The van der Waals surface area contributed by atoms with Gasteiger partial charge < -0.3 is 5.32 Å². The van der Waals surface area contributed by atoms with Gasteiger partial charge in [-0.2, -0.15) is 5.10 Å². The first-order chi connectivity index (χ1) is 12.5. The van der Waals surface area contributed by atoms with Crippen LogP contribution in [-0.4, -0.2) is 14.8 Å². The Morgan fingerprint density at radius 3 is 2.88 bits per heavy atom. The number of pyridine rings is 1. The Hall–Kier alpha value is -2.53. The number of hydrogen-bond acceptors (Lipinski definition) is 3. The second kappa shape index (κ2) is 6.65. The van der Waals surface area contributed by atoms with Gasteiger partial charge in [0.15, 0.2) is 0 Å². The summed E-state index contributed by atoms with van der Waals surface area (Å²) in [5, 5.41) is 8.24. The van der Waals surface area contributed by atoms with Gasteiger partial charge in [-0.3, -0.25) is 4.98 Å². The van der Waals surface area contributed by atoms with Gasteiger partial charge in [0.1, 0.15) is 5.82 Å². The molecule has 2 aromatic heterocycles. The van der Waals surface area contributed by atoms with Crippen LogP contribution in [0.3, 0.4) is 0 Å². The third-order valence-electron chi connectivity index (χ3n) is 5.01. The Morgan fingerprint density at radius 1 is 1.23 bits per heavy atom. The summed E-state index contributed by atoms with van der Waals surface area (Å²) in [4.78, 5) is 4.18. The topological polar surface area (TPSA) is 42.7 Å². The predicted octanol–water partition coefficient (Wildman–Crippen LogP) is 4.21. The highest BCUT2D eigenvalue weighted by Crippen LogP contribution is 2.41. The molecule has 0 saturated heterocycles. The Balaban J connectivity index is 1.65. The molecule has 134 valence electrons. The lowest BCUT2D eigenvalue weighted by Gasteiger charge is -2.36. The van der Waals surface area contributed by atoms with Gasteiger partial charge in [0.25, 0.3) is 0 Å². The second-order valence-corrected chi connectivity index (χ2v) is 7.78. The maximum Gasteiger partial charge on any atom is 0.125 e. The van der Waals surface area contributed by atoms with Crippen LogP contribution in [0.15, 0.2) is 55.0 Å². The van der Waals surface area contributed by atoms with E-state index in [0.29, 0.717) is 0 Å². The van der Waals surface area contributed by atoms with E-state index in [-0.39, 0.29) is 17.3 Å². The fraction of sp³-hybridized carbons (Fsp3) is 0.333. The lowest BCUT2D eigenvalue weighted by atomic mass is 9.74. The molecule has 0 saturated carbocycles. The Labute approximate surface area is 153 Å². The number of nitrogens with zero attached hydrogens (tertiary/aromatic N) is 3. The predicted molar refractivity (Wildman–Crippen MR) is 99.4 cm³/mol. The Bertz CT molecular complexity index is 901. The molecule has 1 N–H and O–H groups in total. The van der Waals surface area contributed by atoms with Crippen molar-refractivity contribution in [2.75, 3.05) is 0 Å². The first kappa shape index (κ1) is 16.9. The minimum Gasteiger partial charge on any atom is -0.306 e. The Morgan fingerprint density at radius 2 is 2.12 bits per heavy atom. The average Bonchev–Trinajstić information content (AvgIpc) is 3.03. The van der Waals surface area contributed by atoms with Crippen molar-refractivity contribution in [3.8, 4) is 5.69 Å². The maximum atomic E-state index is 13.7. The normalized spacial score (nSPS) is 18.5. The van der Waals surface area contributed by atoms with Crippen LogP contribution >= 0.6 is 0 Å². The summed E-state index contributed by atoms with van der Waals surface area (Å²) in [6, 6.07) is 10.9. The van der Waals surface area contributed by atoms with E-state index in [4.69, 9.17) is 0 Å². The molecule has 0 fully saturated rings. The van der Waals surface area contributed by atoms with Gasteiger partial charge in [-0.15, -0.1) is 0 Å². The quantitative estimate of drug-likeness (QED) is 0.766. The average molecular weight is 350 g/mol. The van der Waals surface area contributed by atoms with E-state index in [2.05, 4.69) is 35.3 Å². The molecule has 26 heavy (non-hydrogen) atoms. The highest BCUT2D eigenvalue weighted by molar-refractivity contribution is 5.38. The molecule has 3 aromatic rings. The van der Waals surface area contributed by atoms with Crippen molar-refractivity contribution in [1.82, 2.24) is 20.1 Å². The zero-order chi connectivity index (χ0) is 18.1. The Kier molecular flexibility index (Phi) is 4.32. The lowest BCUT2D eigenvalue weighted by Crippen LogP contribution is -2.33. The first-order valence-corrected chi connectivity index (χ1v) is 8.97. The molecule has 5 heteroatoms. The summed E-state index contributed by atoms with van der Waals surface area (Å²) in [7, 11) is 0. The molecule has 4 nitrogen and oxygen atoms in total. The van der Waals surface area contributed by atoms with Gasteiger partial charge in [-0.1, -0.05) is 26.0 Å². The smallest absolute Gasteiger partial charge is 0.125 e. The van der Waals surface area contributed by atoms with E-state index >= 15 is 0 Å². The zero-order valence-corrected chi connectivity index (χ0v) is 15.1. The van der Waals surface area contributed by atoms with Crippen molar-refractivity contribution >= 4 is 0 Å². The minimum atomic E-state index is -0.243. The van der Waals surface area contributed by atoms with Crippen LogP contribution in [0.4, 0.5) is 4.39 Å². The molecule has 4 rings (SSSR count). The van der Waals surface area contributed by atoms with Gasteiger partial charge in [0.05, 0.1) is 11.9 Å². The highest BCUT2D eigenvalue weighted by Gasteiger charge is 2.35. The molecule has 0 radical (unpaired) electrons. The van der Waals surface area contributed by atoms with Crippen LogP contribution in [0.25, 0.3) is 5.69 Å². The molecule has 0 amide bonds. The number of fused-ring (bicyclic) bond motifs is 1. The van der Waals surface area contributed by atoms with Gasteiger partial charge in [-0.05, 0) is 48.1 Å². The number of benzene rings is 1. The second-order valence-electron chi connectivity index (χ2n) is 7.78. The van der Waals surface area contributed by atoms with E-state index in [1.165, 1.54) is 17.7 Å². The molecular formula is C21H23FN4. The molecule has 0 bridgehead atoms. The number of aromatic nitrogens is 3. The zero-order valence-electron chi connectivity index (χ0n) is 15.1. The molecule has 1 aromatic carbocycles. The molecule has 0 aliphatic heterocycles. The summed E-state index contributed by atoms with van der Waals surface area (Å²) in [5.41, 5.74) is 4.45. The molecule has 2 heterocycles. The van der Waals surface area contributed by atoms with Crippen LogP contribution in [-0.2, 0) is 13.0 Å². The number of nitrogens with one attached hydrogen (secondary N) is 1. The van der Waals surface area contributed by atoms with Crippen molar-refractivity contribution in [2.24, 2.45) is 5.41 Å². The first-order valence-electron chi connectivity index (χ1n) is 8.97. The highest BCUT2D eigenvalue weighted by atomic mass is 19.1.